The standard InChI is InChI=1S/C14H16O9/c1-6(13(19)20)23-9-4-2-7(8(15)3-5-10(16)17)11(12(9)18)14(21)22/h2,4,7,9,11-12,18H,1,3,5H2,(H,16,17)(H,19,20)(H,21,22)/p-3/t7-,9+,11-,12-/m1/s1. The summed E-state index contributed by atoms with van der Waals surface area (Å²) in [4.78, 5) is 44.0. The number of Topliss-reactive ketones (excluding diaryl/α,β-unsaturated/α-hetero) is 1. The zero-order valence-electron chi connectivity index (χ0n) is 11.8. The number of aliphatic hydroxyl groups excluding tert-OH is 1. The quantitative estimate of drug-likeness (QED) is 0.263. The molecular formula is C14H13O9-3. The summed E-state index contributed by atoms with van der Waals surface area (Å²) >= 11 is 0. The maximum Gasteiger partial charge on any atom is 0.143 e. The molecule has 0 fully saturated rings. The minimum atomic E-state index is -1.79. The van der Waals surface area contributed by atoms with Crippen LogP contribution in [0.3, 0.4) is 0 Å². The highest BCUT2D eigenvalue weighted by molar-refractivity contribution is 5.89. The van der Waals surface area contributed by atoms with Crippen molar-refractivity contribution in [3.63, 3.8) is 0 Å². The molecule has 0 saturated heterocycles. The number of aliphatic hydroxyl groups is 1. The summed E-state index contributed by atoms with van der Waals surface area (Å²) in [6, 6.07) is 0. The van der Waals surface area contributed by atoms with Crippen molar-refractivity contribution >= 4 is 23.7 Å². The molecule has 9 heteroatoms. The van der Waals surface area contributed by atoms with E-state index in [2.05, 4.69) is 6.58 Å². The SMILES string of the molecule is C=C(O[C@H]1C=C[C@H](C(=O)CCC(=O)[O-])[C@@H](C(=O)[O-])[C@@H]1O)C(=O)[O-]. The van der Waals surface area contributed by atoms with Crippen molar-refractivity contribution in [1.82, 2.24) is 0 Å². The summed E-state index contributed by atoms with van der Waals surface area (Å²) in [6.07, 6.45) is -2.06. The Morgan fingerprint density at radius 2 is 1.70 bits per heavy atom. The topological polar surface area (TPSA) is 167 Å². The molecule has 0 saturated carbocycles. The van der Waals surface area contributed by atoms with E-state index in [4.69, 9.17) is 4.74 Å². The van der Waals surface area contributed by atoms with Crippen LogP contribution in [-0.2, 0) is 23.9 Å². The van der Waals surface area contributed by atoms with Crippen molar-refractivity contribution < 1.29 is 44.3 Å². The summed E-state index contributed by atoms with van der Waals surface area (Å²) in [5.74, 6) is -9.60. The number of carboxylic acid groups (broad SMARTS) is 3. The highest BCUT2D eigenvalue weighted by atomic mass is 16.5. The van der Waals surface area contributed by atoms with E-state index in [-0.39, 0.29) is 0 Å². The van der Waals surface area contributed by atoms with Crippen molar-refractivity contribution in [2.24, 2.45) is 11.8 Å². The maximum absolute atomic E-state index is 11.9. The first-order valence-corrected chi connectivity index (χ1v) is 6.51. The Bertz CT molecular complexity index is 563. The molecule has 0 radical (unpaired) electrons. The van der Waals surface area contributed by atoms with Gasteiger partial charge in [0.2, 0.25) is 0 Å². The summed E-state index contributed by atoms with van der Waals surface area (Å²) in [6.45, 7) is 3.02. The zero-order valence-corrected chi connectivity index (χ0v) is 11.8. The Hall–Kier alpha value is -2.68. The lowest BCUT2D eigenvalue weighted by molar-refractivity contribution is -0.317. The highest BCUT2D eigenvalue weighted by Crippen LogP contribution is 2.29. The molecule has 1 aliphatic carbocycles. The number of rotatable bonds is 8. The Kier molecular flexibility index (Phi) is 6.02. The lowest BCUT2D eigenvalue weighted by atomic mass is 9.77. The van der Waals surface area contributed by atoms with Gasteiger partial charge in [-0.05, 0) is 12.5 Å². The summed E-state index contributed by atoms with van der Waals surface area (Å²) < 4.78 is 4.77. The van der Waals surface area contributed by atoms with Crippen LogP contribution in [0, 0.1) is 11.8 Å². The summed E-state index contributed by atoms with van der Waals surface area (Å²) in [7, 11) is 0. The van der Waals surface area contributed by atoms with E-state index in [1.807, 2.05) is 0 Å². The number of hydrogen-bond acceptors (Lipinski definition) is 9. The second-order valence-corrected chi connectivity index (χ2v) is 4.88. The van der Waals surface area contributed by atoms with Gasteiger partial charge in [0.25, 0.3) is 0 Å². The summed E-state index contributed by atoms with van der Waals surface area (Å²) in [5.41, 5.74) is 0. The van der Waals surface area contributed by atoms with E-state index in [9.17, 15) is 39.6 Å². The molecule has 0 aliphatic heterocycles. The van der Waals surface area contributed by atoms with Crippen LogP contribution in [0.1, 0.15) is 12.8 Å². The summed E-state index contributed by atoms with van der Waals surface area (Å²) in [5, 5.41) is 42.1. The van der Waals surface area contributed by atoms with Gasteiger partial charge < -0.3 is 39.5 Å². The van der Waals surface area contributed by atoms with Crippen molar-refractivity contribution in [3.05, 3.63) is 24.5 Å². The smallest absolute Gasteiger partial charge is 0.143 e. The molecule has 9 nitrogen and oxygen atoms in total. The average molecular weight is 325 g/mol. The van der Waals surface area contributed by atoms with E-state index in [1.54, 1.807) is 0 Å². The van der Waals surface area contributed by atoms with E-state index in [1.165, 1.54) is 0 Å². The van der Waals surface area contributed by atoms with Gasteiger partial charge in [-0.3, -0.25) is 4.79 Å². The van der Waals surface area contributed by atoms with Gasteiger partial charge in [0.1, 0.15) is 29.7 Å². The lowest BCUT2D eigenvalue weighted by Crippen LogP contribution is -2.51. The van der Waals surface area contributed by atoms with Gasteiger partial charge in [-0.25, -0.2) is 0 Å². The molecule has 0 aromatic rings. The van der Waals surface area contributed by atoms with Crippen LogP contribution in [0.4, 0.5) is 0 Å². The van der Waals surface area contributed by atoms with E-state index < -0.39 is 66.3 Å². The van der Waals surface area contributed by atoms with Crippen molar-refractivity contribution in [2.45, 2.75) is 25.0 Å². The number of allylic oxidation sites excluding steroid dienone is 1. The first-order chi connectivity index (χ1) is 10.6. The average Bonchev–Trinajstić information content (AvgIpc) is 2.45. The van der Waals surface area contributed by atoms with Gasteiger partial charge in [0.05, 0.1) is 0 Å². The molecular weight excluding hydrogens is 312 g/mol. The second kappa shape index (κ2) is 7.54. The predicted molar refractivity (Wildman–Crippen MR) is 65.4 cm³/mol. The normalized spacial score (nSPS) is 26.3. The van der Waals surface area contributed by atoms with Gasteiger partial charge >= 0.3 is 0 Å². The molecule has 1 rings (SSSR count). The van der Waals surface area contributed by atoms with Crippen LogP contribution in [0.15, 0.2) is 24.5 Å². The molecule has 4 atom stereocenters. The largest absolute Gasteiger partial charge is 0.550 e. The number of hydrogen-bond donors (Lipinski definition) is 1. The molecule has 1 N–H and O–H groups in total. The minimum Gasteiger partial charge on any atom is -0.550 e. The highest BCUT2D eigenvalue weighted by Gasteiger charge is 2.40. The molecule has 1 aliphatic rings. The van der Waals surface area contributed by atoms with E-state index >= 15 is 0 Å². The van der Waals surface area contributed by atoms with Crippen LogP contribution in [0.2, 0.25) is 0 Å². The second-order valence-electron chi connectivity index (χ2n) is 4.88. The predicted octanol–water partition coefficient (Wildman–Crippen LogP) is -4.35. The van der Waals surface area contributed by atoms with Gasteiger partial charge in [0.15, 0.2) is 0 Å². The molecule has 0 heterocycles. The monoisotopic (exact) mass is 325 g/mol. The Labute approximate surface area is 130 Å². The van der Waals surface area contributed by atoms with Gasteiger partial charge in [0, 0.05) is 30.2 Å². The number of aliphatic carboxylic acids is 3. The first kappa shape index (κ1) is 18.4. The zero-order chi connectivity index (χ0) is 17.7. The van der Waals surface area contributed by atoms with Crippen LogP contribution in [-0.4, -0.2) is 41.0 Å². The molecule has 0 unspecified atom stereocenters. The third kappa shape index (κ3) is 4.65. The van der Waals surface area contributed by atoms with Gasteiger partial charge in [-0.1, -0.05) is 12.7 Å². The molecule has 0 spiro atoms. The molecule has 0 aromatic carbocycles. The van der Waals surface area contributed by atoms with Crippen LogP contribution in [0.25, 0.3) is 0 Å². The lowest BCUT2D eigenvalue weighted by Gasteiger charge is -2.36. The fourth-order valence-corrected chi connectivity index (χ4v) is 2.19. The number of carboxylic acids is 3. The Balaban J connectivity index is 2.95. The van der Waals surface area contributed by atoms with Crippen LogP contribution >= 0.6 is 0 Å². The number of carbonyl (C=O) groups is 4. The third-order valence-corrected chi connectivity index (χ3v) is 3.33. The third-order valence-electron chi connectivity index (χ3n) is 3.33. The van der Waals surface area contributed by atoms with Crippen molar-refractivity contribution in [2.75, 3.05) is 0 Å². The molecule has 0 bridgehead atoms. The Morgan fingerprint density at radius 3 is 2.17 bits per heavy atom. The number of ether oxygens (including phenoxy) is 1. The van der Waals surface area contributed by atoms with Gasteiger partial charge in [-0.15, -0.1) is 0 Å². The fourth-order valence-electron chi connectivity index (χ4n) is 2.19. The molecule has 23 heavy (non-hydrogen) atoms. The Morgan fingerprint density at radius 1 is 1.09 bits per heavy atom. The van der Waals surface area contributed by atoms with E-state index in [0.29, 0.717) is 0 Å². The number of ketones is 1. The van der Waals surface area contributed by atoms with Crippen molar-refractivity contribution in [1.29, 1.82) is 0 Å². The minimum absolute atomic E-state index is 0.481. The maximum atomic E-state index is 11.9. The molecule has 0 amide bonds. The van der Waals surface area contributed by atoms with E-state index in [0.717, 1.165) is 12.2 Å². The molecule has 0 aromatic heterocycles. The van der Waals surface area contributed by atoms with Crippen molar-refractivity contribution in [3.8, 4) is 0 Å². The fraction of sp³-hybridized carbons (Fsp3) is 0.429. The van der Waals surface area contributed by atoms with Gasteiger partial charge in [-0.2, -0.15) is 0 Å². The molecule has 126 valence electrons. The van der Waals surface area contributed by atoms with Crippen LogP contribution < -0.4 is 15.3 Å². The van der Waals surface area contributed by atoms with Crippen LogP contribution in [0.5, 0.6) is 0 Å². The number of carbonyl (C=O) groups excluding carboxylic acids is 4. The first-order valence-electron chi connectivity index (χ1n) is 6.51.